The Balaban J connectivity index is 1.68. The molecule has 6 heteroatoms. The van der Waals surface area contributed by atoms with Gasteiger partial charge in [-0.05, 0) is 36.8 Å². The average Bonchev–Trinajstić information content (AvgIpc) is 2.80. The van der Waals surface area contributed by atoms with Crippen molar-refractivity contribution >= 4 is 22.8 Å². The molecule has 0 saturated heterocycles. The monoisotopic (exact) mass is 413 g/mol. The number of esters is 1. The number of benzene rings is 3. The molecule has 1 aromatic heterocycles. The number of fused-ring (bicyclic) bond motifs is 1. The van der Waals surface area contributed by atoms with Crippen molar-refractivity contribution in [3.05, 3.63) is 105 Å². The predicted octanol–water partition coefficient (Wildman–Crippen LogP) is 4.22. The van der Waals surface area contributed by atoms with Crippen LogP contribution < -0.4 is 11.2 Å². The number of nitrogens with two attached hydrogens (primary N) is 1. The van der Waals surface area contributed by atoms with E-state index in [2.05, 4.69) is 0 Å². The van der Waals surface area contributed by atoms with Crippen molar-refractivity contribution in [3.63, 3.8) is 0 Å². The van der Waals surface area contributed by atoms with Crippen LogP contribution in [0.5, 0.6) is 0 Å². The summed E-state index contributed by atoms with van der Waals surface area (Å²) in [6.45, 7) is 1.70. The number of ether oxygens (including phenoxy) is 1. The molecule has 0 atom stereocenters. The molecule has 0 radical (unpaired) electrons. The molecule has 2 N–H and O–H groups in total. The smallest absolute Gasteiger partial charge is 0.342 e. The molecular weight excluding hydrogens is 394 g/mol. The van der Waals surface area contributed by atoms with E-state index in [0.29, 0.717) is 27.8 Å². The Bertz CT molecular complexity index is 1340. The molecule has 0 saturated carbocycles. The number of rotatable bonds is 5. The molecule has 0 fully saturated rings. The van der Waals surface area contributed by atoms with Crippen molar-refractivity contribution in [1.29, 1.82) is 0 Å². The average molecular weight is 413 g/mol. The van der Waals surface area contributed by atoms with Crippen LogP contribution in [0.15, 0.2) is 82.0 Å². The third-order valence-electron chi connectivity index (χ3n) is 5.01. The van der Waals surface area contributed by atoms with Gasteiger partial charge in [0.25, 0.3) is 0 Å². The number of carbonyl (C=O) groups is 2. The van der Waals surface area contributed by atoms with Crippen molar-refractivity contribution in [3.8, 4) is 11.3 Å². The molecule has 1 amide bonds. The van der Waals surface area contributed by atoms with Crippen LogP contribution in [0.25, 0.3) is 22.3 Å². The molecular formula is C25H19NO5. The molecule has 0 unspecified atom stereocenters. The van der Waals surface area contributed by atoms with Gasteiger partial charge in [0.2, 0.25) is 5.91 Å². The molecule has 0 spiro atoms. The second-order valence-electron chi connectivity index (χ2n) is 7.07. The SMILES string of the molecule is Cc1c(-c2ccccc2)oc2c(C(=O)OCc3ccc(C(N)=O)cc3)cccc2c1=O. The predicted molar refractivity (Wildman–Crippen MR) is 117 cm³/mol. The Hall–Kier alpha value is -4.19. The van der Waals surface area contributed by atoms with Gasteiger partial charge in [-0.15, -0.1) is 0 Å². The van der Waals surface area contributed by atoms with Crippen LogP contribution in [0.3, 0.4) is 0 Å². The van der Waals surface area contributed by atoms with E-state index < -0.39 is 11.9 Å². The highest BCUT2D eigenvalue weighted by molar-refractivity contribution is 6.02. The molecule has 31 heavy (non-hydrogen) atoms. The van der Waals surface area contributed by atoms with Crippen LogP contribution >= 0.6 is 0 Å². The first-order chi connectivity index (χ1) is 15.0. The summed E-state index contributed by atoms with van der Waals surface area (Å²) in [7, 11) is 0. The highest BCUT2D eigenvalue weighted by atomic mass is 16.5. The zero-order valence-corrected chi connectivity index (χ0v) is 16.8. The van der Waals surface area contributed by atoms with E-state index in [1.54, 1.807) is 49.4 Å². The summed E-state index contributed by atoms with van der Waals surface area (Å²) in [5.74, 6) is -0.727. The second kappa shape index (κ2) is 8.28. The van der Waals surface area contributed by atoms with Crippen molar-refractivity contribution in [2.24, 2.45) is 5.73 Å². The Labute approximate surface area is 177 Å². The Morgan fingerprint density at radius 2 is 1.65 bits per heavy atom. The van der Waals surface area contributed by atoms with Gasteiger partial charge < -0.3 is 14.9 Å². The van der Waals surface area contributed by atoms with Crippen LogP contribution in [0, 0.1) is 6.92 Å². The molecule has 3 aromatic carbocycles. The van der Waals surface area contributed by atoms with Gasteiger partial charge in [0.1, 0.15) is 17.9 Å². The van der Waals surface area contributed by atoms with Gasteiger partial charge in [0, 0.05) is 16.7 Å². The largest absolute Gasteiger partial charge is 0.457 e. The first-order valence-electron chi connectivity index (χ1n) is 9.63. The van der Waals surface area contributed by atoms with E-state index in [4.69, 9.17) is 14.9 Å². The minimum Gasteiger partial charge on any atom is -0.457 e. The van der Waals surface area contributed by atoms with Gasteiger partial charge >= 0.3 is 5.97 Å². The van der Waals surface area contributed by atoms with E-state index in [0.717, 1.165) is 5.56 Å². The number of primary amides is 1. The van der Waals surface area contributed by atoms with Crippen LogP contribution in [-0.4, -0.2) is 11.9 Å². The maximum atomic E-state index is 12.9. The molecule has 0 aliphatic heterocycles. The maximum absolute atomic E-state index is 12.9. The molecule has 0 bridgehead atoms. The quantitative estimate of drug-likeness (QED) is 0.494. The van der Waals surface area contributed by atoms with Gasteiger partial charge in [-0.1, -0.05) is 48.5 Å². The zero-order valence-electron chi connectivity index (χ0n) is 16.8. The number of hydrogen-bond donors (Lipinski definition) is 1. The lowest BCUT2D eigenvalue weighted by molar-refractivity contribution is 0.0473. The molecule has 154 valence electrons. The molecule has 4 rings (SSSR count). The van der Waals surface area contributed by atoms with E-state index in [1.165, 1.54) is 0 Å². The lowest BCUT2D eigenvalue weighted by Crippen LogP contribution is -2.12. The highest BCUT2D eigenvalue weighted by Crippen LogP contribution is 2.27. The van der Waals surface area contributed by atoms with Crippen molar-refractivity contribution in [1.82, 2.24) is 0 Å². The van der Waals surface area contributed by atoms with Crippen LogP contribution in [0.4, 0.5) is 0 Å². The van der Waals surface area contributed by atoms with Gasteiger partial charge in [-0.3, -0.25) is 9.59 Å². The van der Waals surface area contributed by atoms with Crippen LogP contribution in [0.2, 0.25) is 0 Å². The summed E-state index contributed by atoms with van der Waals surface area (Å²) >= 11 is 0. The van der Waals surface area contributed by atoms with E-state index in [-0.39, 0.29) is 23.2 Å². The van der Waals surface area contributed by atoms with E-state index >= 15 is 0 Å². The highest BCUT2D eigenvalue weighted by Gasteiger charge is 2.19. The number of hydrogen-bond acceptors (Lipinski definition) is 5. The third kappa shape index (κ3) is 3.96. The normalized spacial score (nSPS) is 10.7. The van der Waals surface area contributed by atoms with Gasteiger partial charge in [-0.2, -0.15) is 0 Å². The Kier molecular flexibility index (Phi) is 5.37. The summed E-state index contributed by atoms with van der Waals surface area (Å²) in [6.07, 6.45) is 0. The van der Waals surface area contributed by atoms with Crippen molar-refractivity contribution in [2.45, 2.75) is 13.5 Å². The summed E-state index contributed by atoms with van der Waals surface area (Å²) in [5, 5.41) is 0.317. The lowest BCUT2D eigenvalue weighted by atomic mass is 10.0. The molecule has 1 heterocycles. The molecule has 6 nitrogen and oxygen atoms in total. The van der Waals surface area contributed by atoms with Crippen molar-refractivity contribution < 1.29 is 18.7 Å². The minimum atomic E-state index is -0.615. The number of amides is 1. The summed E-state index contributed by atoms with van der Waals surface area (Å²) in [6, 6.07) is 20.5. The fourth-order valence-corrected chi connectivity index (χ4v) is 3.33. The molecule has 0 aliphatic rings. The maximum Gasteiger partial charge on any atom is 0.342 e. The lowest BCUT2D eigenvalue weighted by Gasteiger charge is -2.10. The summed E-state index contributed by atoms with van der Waals surface area (Å²) in [5.41, 5.74) is 7.67. The standard InChI is InChI=1S/C25H19NO5/c1-15-21(27)19-8-5-9-20(23(19)31-22(15)17-6-3-2-4-7-17)25(29)30-14-16-10-12-18(13-11-16)24(26)28/h2-13H,14H2,1H3,(H2,26,28). The van der Waals surface area contributed by atoms with Gasteiger partial charge in [-0.25, -0.2) is 4.79 Å². The minimum absolute atomic E-state index is 0.00407. The van der Waals surface area contributed by atoms with Gasteiger partial charge in [0.15, 0.2) is 11.0 Å². The molecule has 4 aromatic rings. The Morgan fingerprint density at radius 1 is 0.935 bits per heavy atom. The van der Waals surface area contributed by atoms with Crippen LogP contribution in [-0.2, 0) is 11.3 Å². The fourth-order valence-electron chi connectivity index (χ4n) is 3.33. The number of para-hydroxylation sites is 1. The van der Waals surface area contributed by atoms with Gasteiger partial charge in [0.05, 0.1) is 5.39 Å². The van der Waals surface area contributed by atoms with E-state index in [1.807, 2.05) is 30.3 Å². The summed E-state index contributed by atoms with van der Waals surface area (Å²) < 4.78 is 11.5. The topological polar surface area (TPSA) is 99.6 Å². The second-order valence-corrected chi connectivity index (χ2v) is 7.07. The van der Waals surface area contributed by atoms with Crippen molar-refractivity contribution in [2.75, 3.05) is 0 Å². The van der Waals surface area contributed by atoms with E-state index in [9.17, 15) is 14.4 Å². The third-order valence-corrected chi connectivity index (χ3v) is 5.01. The zero-order chi connectivity index (χ0) is 22.0. The summed E-state index contributed by atoms with van der Waals surface area (Å²) in [4.78, 5) is 36.9. The van der Waals surface area contributed by atoms with Crippen LogP contribution in [0.1, 0.15) is 31.8 Å². The molecule has 0 aliphatic carbocycles. The first kappa shape index (κ1) is 20.1. The fraction of sp³-hybridized carbons (Fsp3) is 0.0800. The number of carbonyl (C=O) groups excluding carboxylic acids is 2. The first-order valence-corrected chi connectivity index (χ1v) is 9.63. The Morgan fingerprint density at radius 3 is 2.32 bits per heavy atom.